The maximum Gasteiger partial charge on any atom is 0.345 e. The van der Waals surface area contributed by atoms with Gasteiger partial charge in [-0.2, -0.15) is 0 Å². The molecule has 1 fully saturated rings. The van der Waals surface area contributed by atoms with Gasteiger partial charge in [0.15, 0.2) is 9.84 Å². The molecule has 0 unspecified atom stereocenters. The Morgan fingerprint density at radius 3 is 1.76 bits per heavy atom. The molecule has 5 nitrogen and oxygen atoms in total. The molecule has 174 valence electrons. The highest BCUT2D eigenvalue weighted by atomic mass is 35.5. The Morgan fingerprint density at radius 2 is 1.36 bits per heavy atom. The minimum absolute atomic E-state index is 0. The Balaban J connectivity index is 0.00000306. The molecular weight excluding hydrogens is 525 g/mol. The van der Waals surface area contributed by atoms with Crippen molar-refractivity contribution in [2.45, 2.75) is 6.04 Å². The molecule has 2 aromatic carbocycles. The summed E-state index contributed by atoms with van der Waals surface area (Å²) in [7, 11) is -3.54. The van der Waals surface area contributed by atoms with Gasteiger partial charge in [0.2, 0.25) is 0 Å². The van der Waals surface area contributed by atoms with Gasteiger partial charge in [-0.3, -0.25) is 4.90 Å². The summed E-state index contributed by atoms with van der Waals surface area (Å²) < 4.78 is 25.2. The number of hydrogen-bond donors (Lipinski definition) is 1. The SMILES string of the molecule is CS(=O)(=O)C(=C1CN(C(c2ccc(Cl)cc2)c2ccc(Cl)cc2)C1)c1ccc(C(=O)O)s1.Cl. The van der Waals surface area contributed by atoms with Crippen molar-refractivity contribution >= 4 is 67.7 Å². The van der Waals surface area contributed by atoms with Crippen molar-refractivity contribution < 1.29 is 18.3 Å². The number of carbonyl (C=O) groups is 1. The van der Waals surface area contributed by atoms with E-state index in [0.717, 1.165) is 34.3 Å². The maximum absolute atomic E-state index is 12.6. The average Bonchev–Trinajstić information content (AvgIpc) is 3.17. The van der Waals surface area contributed by atoms with Crippen molar-refractivity contribution in [3.8, 4) is 0 Å². The number of sulfone groups is 1. The van der Waals surface area contributed by atoms with Crippen LogP contribution in [0.15, 0.2) is 66.2 Å². The molecule has 0 saturated carbocycles. The fraction of sp³-hybridized carbons (Fsp3) is 0.174. The molecular formula is C23H20Cl3NO4S2. The number of likely N-dealkylation sites (tertiary alicyclic amines) is 1. The lowest BCUT2D eigenvalue weighted by Gasteiger charge is -2.42. The fourth-order valence-corrected chi connectivity index (χ4v) is 6.62. The molecule has 1 N–H and O–H groups in total. The second-order valence-electron chi connectivity index (χ2n) is 7.58. The van der Waals surface area contributed by atoms with E-state index in [0.29, 0.717) is 28.0 Å². The number of rotatable bonds is 6. The predicted molar refractivity (Wildman–Crippen MR) is 137 cm³/mol. The Labute approximate surface area is 212 Å². The van der Waals surface area contributed by atoms with Crippen LogP contribution in [0.25, 0.3) is 4.91 Å². The largest absolute Gasteiger partial charge is 0.477 e. The quantitative estimate of drug-likeness (QED) is 0.410. The molecule has 1 aliphatic heterocycles. The molecule has 0 aliphatic carbocycles. The first-order valence-electron chi connectivity index (χ1n) is 9.64. The van der Waals surface area contributed by atoms with E-state index in [-0.39, 0.29) is 28.2 Å². The summed E-state index contributed by atoms with van der Waals surface area (Å²) in [5, 5.41) is 10.5. The number of carboxylic acid groups (broad SMARTS) is 1. The highest BCUT2D eigenvalue weighted by Crippen LogP contribution is 2.40. The maximum atomic E-state index is 12.6. The van der Waals surface area contributed by atoms with Gasteiger partial charge in [-0.25, -0.2) is 13.2 Å². The molecule has 1 saturated heterocycles. The lowest BCUT2D eigenvalue weighted by atomic mass is 9.92. The van der Waals surface area contributed by atoms with E-state index in [1.807, 2.05) is 48.5 Å². The standard InChI is InChI=1S/C23H19Cl2NO4S2.ClH/c1-32(29,30)22(19-10-11-20(31-19)23(27)28)16-12-26(13-16)21(14-2-6-17(24)7-3-14)15-4-8-18(25)9-5-15;/h2-11,21H,12-13H2,1H3,(H,27,28);1H. The Hall–Kier alpha value is -1.87. The molecule has 1 aromatic heterocycles. The third-order valence-electron chi connectivity index (χ3n) is 5.26. The van der Waals surface area contributed by atoms with Gasteiger partial charge < -0.3 is 5.11 Å². The van der Waals surface area contributed by atoms with E-state index in [2.05, 4.69) is 4.90 Å². The van der Waals surface area contributed by atoms with Gasteiger partial charge in [0, 0.05) is 34.3 Å². The number of carboxylic acids is 1. The van der Waals surface area contributed by atoms with E-state index in [9.17, 15) is 18.3 Å². The van der Waals surface area contributed by atoms with Crippen LogP contribution in [-0.4, -0.2) is 43.7 Å². The summed E-state index contributed by atoms with van der Waals surface area (Å²) in [6.07, 6.45) is 1.16. The summed E-state index contributed by atoms with van der Waals surface area (Å²) in [6, 6.07) is 18.1. The predicted octanol–water partition coefficient (Wildman–Crippen LogP) is 6.04. The Morgan fingerprint density at radius 1 is 0.909 bits per heavy atom. The second kappa shape index (κ2) is 10.2. The van der Waals surface area contributed by atoms with Crippen molar-refractivity contribution in [3.63, 3.8) is 0 Å². The number of nitrogens with zero attached hydrogens (tertiary/aromatic N) is 1. The van der Waals surface area contributed by atoms with Crippen LogP contribution in [0.2, 0.25) is 10.0 Å². The number of benzene rings is 2. The number of hydrogen-bond acceptors (Lipinski definition) is 5. The minimum Gasteiger partial charge on any atom is -0.477 e. The topological polar surface area (TPSA) is 74.7 Å². The molecule has 0 spiro atoms. The molecule has 10 heteroatoms. The molecule has 0 radical (unpaired) electrons. The van der Waals surface area contributed by atoms with Gasteiger partial charge in [-0.1, -0.05) is 47.5 Å². The van der Waals surface area contributed by atoms with Crippen LogP contribution in [0.5, 0.6) is 0 Å². The van der Waals surface area contributed by atoms with Crippen LogP contribution < -0.4 is 0 Å². The van der Waals surface area contributed by atoms with Crippen molar-refractivity contribution in [3.05, 3.63) is 97.2 Å². The van der Waals surface area contributed by atoms with Gasteiger partial charge in [-0.15, -0.1) is 23.7 Å². The van der Waals surface area contributed by atoms with E-state index in [1.165, 1.54) is 6.07 Å². The van der Waals surface area contributed by atoms with Crippen LogP contribution >= 0.6 is 46.9 Å². The number of thiophene rings is 1. The molecule has 0 atom stereocenters. The van der Waals surface area contributed by atoms with Crippen LogP contribution in [0.4, 0.5) is 0 Å². The summed E-state index contributed by atoms with van der Waals surface area (Å²) in [5.41, 5.74) is 2.82. The summed E-state index contributed by atoms with van der Waals surface area (Å²) >= 11 is 13.1. The van der Waals surface area contributed by atoms with Crippen molar-refractivity contribution in [2.24, 2.45) is 0 Å². The first-order valence-corrected chi connectivity index (χ1v) is 13.1. The lowest BCUT2D eigenvalue weighted by molar-refractivity contribution is 0.0702. The van der Waals surface area contributed by atoms with Crippen molar-refractivity contribution in [1.29, 1.82) is 0 Å². The zero-order chi connectivity index (χ0) is 23.0. The van der Waals surface area contributed by atoms with Gasteiger partial charge in [0.1, 0.15) is 4.88 Å². The molecule has 33 heavy (non-hydrogen) atoms. The summed E-state index contributed by atoms with van der Waals surface area (Å²) in [5.74, 6) is -1.07. The third kappa shape index (κ3) is 5.62. The van der Waals surface area contributed by atoms with E-state index >= 15 is 0 Å². The highest BCUT2D eigenvalue weighted by molar-refractivity contribution is 8.00. The highest BCUT2D eigenvalue weighted by Gasteiger charge is 2.35. The van der Waals surface area contributed by atoms with Crippen LogP contribution in [0.3, 0.4) is 0 Å². The van der Waals surface area contributed by atoms with E-state index in [4.69, 9.17) is 23.2 Å². The average molecular weight is 545 g/mol. The molecule has 0 amide bonds. The molecule has 3 aromatic rings. The van der Waals surface area contributed by atoms with Crippen LogP contribution in [-0.2, 0) is 9.84 Å². The van der Waals surface area contributed by atoms with Crippen LogP contribution in [0.1, 0.15) is 31.7 Å². The van der Waals surface area contributed by atoms with Crippen molar-refractivity contribution in [1.82, 2.24) is 4.90 Å². The fourth-order valence-electron chi connectivity index (χ4n) is 3.87. The smallest absolute Gasteiger partial charge is 0.345 e. The summed E-state index contributed by atoms with van der Waals surface area (Å²) in [4.78, 5) is 14.2. The molecule has 2 heterocycles. The zero-order valence-electron chi connectivity index (χ0n) is 17.4. The van der Waals surface area contributed by atoms with Crippen LogP contribution in [0, 0.1) is 0 Å². The molecule has 0 bridgehead atoms. The Kier molecular flexibility index (Phi) is 7.94. The van der Waals surface area contributed by atoms with Gasteiger partial charge in [0.05, 0.1) is 10.9 Å². The van der Waals surface area contributed by atoms with Gasteiger partial charge >= 0.3 is 5.97 Å². The number of aromatic carboxylic acids is 1. The van der Waals surface area contributed by atoms with E-state index in [1.54, 1.807) is 6.07 Å². The Bertz CT molecular complexity index is 1250. The molecule has 1 aliphatic rings. The van der Waals surface area contributed by atoms with E-state index < -0.39 is 15.8 Å². The monoisotopic (exact) mass is 543 g/mol. The third-order valence-corrected chi connectivity index (χ3v) is 8.23. The zero-order valence-corrected chi connectivity index (χ0v) is 21.3. The van der Waals surface area contributed by atoms with Gasteiger partial charge in [0.25, 0.3) is 0 Å². The minimum atomic E-state index is -3.54. The second-order valence-corrected chi connectivity index (χ2v) is 11.5. The van der Waals surface area contributed by atoms with Crippen molar-refractivity contribution in [2.75, 3.05) is 19.3 Å². The summed E-state index contributed by atoms with van der Waals surface area (Å²) in [6.45, 7) is 0.886. The first kappa shape index (κ1) is 25.7. The molecule has 4 rings (SSSR count). The number of halogens is 3. The normalized spacial score (nSPS) is 14.0. The first-order chi connectivity index (χ1) is 15.1. The van der Waals surface area contributed by atoms with Gasteiger partial charge in [-0.05, 0) is 53.1 Å². The lowest BCUT2D eigenvalue weighted by Crippen LogP contribution is -2.44.